The summed E-state index contributed by atoms with van der Waals surface area (Å²) in [5, 5.41) is 7.29. The summed E-state index contributed by atoms with van der Waals surface area (Å²) in [6, 6.07) is 23.8. The summed E-state index contributed by atoms with van der Waals surface area (Å²) in [4.78, 5) is 17.1. The predicted octanol–water partition coefficient (Wildman–Crippen LogP) is 4.46. The quantitative estimate of drug-likeness (QED) is 0.366. The highest BCUT2D eigenvalue weighted by molar-refractivity contribution is 5.89. The Kier molecular flexibility index (Phi) is 7.52. The molecule has 6 nitrogen and oxygen atoms in total. The molecule has 4 aromatic rings. The van der Waals surface area contributed by atoms with E-state index in [1.807, 2.05) is 0 Å². The van der Waals surface area contributed by atoms with Gasteiger partial charge in [0.05, 0.1) is 12.1 Å². The fourth-order valence-corrected chi connectivity index (χ4v) is 4.83. The van der Waals surface area contributed by atoms with Crippen LogP contribution in [0.3, 0.4) is 0 Å². The van der Waals surface area contributed by atoms with E-state index in [4.69, 9.17) is 9.97 Å². The molecule has 1 N–H and O–H groups in total. The second-order valence-corrected chi connectivity index (χ2v) is 9.82. The molecule has 182 valence electrons. The average Bonchev–Trinajstić information content (AvgIpc) is 2.87. The molecule has 1 aromatic heterocycles. The Morgan fingerprint density at radius 3 is 2.31 bits per heavy atom. The molecule has 1 aliphatic heterocycles. The molecule has 2 heterocycles. The molecule has 0 saturated carbocycles. The normalized spacial score (nSPS) is 15.3. The van der Waals surface area contributed by atoms with Gasteiger partial charge in [-0.1, -0.05) is 48.5 Å². The van der Waals surface area contributed by atoms with E-state index in [0.717, 1.165) is 81.3 Å². The van der Waals surface area contributed by atoms with Crippen molar-refractivity contribution < 1.29 is 0 Å². The van der Waals surface area contributed by atoms with Crippen molar-refractivity contribution in [1.82, 2.24) is 24.7 Å². The second-order valence-electron chi connectivity index (χ2n) is 9.82. The maximum absolute atomic E-state index is 4.94. The molecule has 0 unspecified atom stereocenters. The van der Waals surface area contributed by atoms with Gasteiger partial charge in [0.1, 0.15) is 11.6 Å². The van der Waals surface area contributed by atoms with Gasteiger partial charge in [-0.15, -0.1) is 0 Å². The number of fused-ring (bicyclic) bond motifs is 2. The van der Waals surface area contributed by atoms with Gasteiger partial charge in [0.25, 0.3) is 0 Å². The van der Waals surface area contributed by atoms with E-state index in [1.54, 1.807) is 0 Å². The van der Waals surface area contributed by atoms with Crippen molar-refractivity contribution in [3.63, 3.8) is 0 Å². The fourth-order valence-electron chi connectivity index (χ4n) is 4.83. The summed E-state index contributed by atoms with van der Waals surface area (Å²) < 4.78 is 0. The minimum absolute atomic E-state index is 0.793. The van der Waals surface area contributed by atoms with Gasteiger partial charge in [0, 0.05) is 44.7 Å². The lowest BCUT2D eigenvalue weighted by Gasteiger charge is -2.34. The number of anilines is 1. The lowest BCUT2D eigenvalue weighted by molar-refractivity contribution is 0.120. The van der Waals surface area contributed by atoms with Crippen LogP contribution >= 0.6 is 0 Å². The Balaban J connectivity index is 1.19. The summed E-state index contributed by atoms with van der Waals surface area (Å²) in [5.41, 5.74) is 2.41. The number of aromatic nitrogens is 2. The van der Waals surface area contributed by atoms with Crippen molar-refractivity contribution in [2.75, 3.05) is 58.7 Å². The number of nitrogens with zero attached hydrogens (tertiary/aromatic N) is 5. The molecule has 6 heteroatoms. The second kappa shape index (κ2) is 11.1. The van der Waals surface area contributed by atoms with E-state index in [1.165, 1.54) is 16.3 Å². The van der Waals surface area contributed by atoms with E-state index in [0.29, 0.717) is 0 Å². The van der Waals surface area contributed by atoms with Gasteiger partial charge in [-0.25, -0.2) is 9.97 Å². The van der Waals surface area contributed by atoms with Crippen LogP contribution in [0.2, 0.25) is 0 Å². The van der Waals surface area contributed by atoms with Crippen LogP contribution in [0.25, 0.3) is 21.7 Å². The number of nitrogens with one attached hydrogen (secondary N) is 1. The molecule has 1 aliphatic rings. The van der Waals surface area contributed by atoms with E-state index >= 15 is 0 Å². The Hall–Kier alpha value is -3.06. The van der Waals surface area contributed by atoms with Crippen LogP contribution in [0.15, 0.2) is 66.7 Å². The van der Waals surface area contributed by atoms with Crippen LogP contribution in [0.5, 0.6) is 0 Å². The zero-order valence-electron chi connectivity index (χ0n) is 21.0. The van der Waals surface area contributed by atoms with Crippen molar-refractivity contribution in [2.45, 2.75) is 19.5 Å². The first-order chi connectivity index (χ1) is 17.1. The molecule has 0 amide bonds. The van der Waals surface area contributed by atoms with Gasteiger partial charge in [-0.2, -0.15) is 0 Å². The van der Waals surface area contributed by atoms with E-state index in [-0.39, 0.29) is 0 Å². The first-order valence-electron chi connectivity index (χ1n) is 12.7. The average molecular weight is 469 g/mol. The summed E-state index contributed by atoms with van der Waals surface area (Å²) in [5.74, 6) is 1.86. The number of benzene rings is 3. The first-order valence-corrected chi connectivity index (χ1v) is 12.7. The van der Waals surface area contributed by atoms with Crippen molar-refractivity contribution >= 4 is 27.5 Å². The zero-order chi connectivity index (χ0) is 24.0. The number of hydrogen-bond donors (Lipinski definition) is 1. The third kappa shape index (κ3) is 6.14. The maximum atomic E-state index is 4.94. The summed E-state index contributed by atoms with van der Waals surface area (Å²) >= 11 is 0. The molecule has 5 rings (SSSR count). The Morgan fingerprint density at radius 2 is 1.51 bits per heavy atom. The molecule has 3 aromatic carbocycles. The summed E-state index contributed by atoms with van der Waals surface area (Å²) in [6.45, 7) is 7.97. The van der Waals surface area contributed by atoms with Gasteiger partial charge in [0.2, 0.25) is 0 Å². The number of piperazine rings is 1. The van der Waals surface area contributed by atoms with E-state index < -0.39 is 0 Å². The van der Waals surface area contributed by atoms with E-state index in [2.05, 4.69) is 101 Å². The lowest BCUT2D eigenvalue weighted by Crippen LogP contribution is -2.45. The van der Waals surface area contributed by atoms with Gasteiger partial charge in [-0.3, -0.25) is 9.80 Å². The Bertz CT molecular complexity index is 1260. The highest BCUT2D eigenvalue weighted by atomic mass is 15.3. The predicted molar refractivity (Wildman–Crippen MR) is 146 cm³/mol. The van der Waals surface area contributed by atoms with Crippen LogP contribution in [-0.4, -0.2) is 78.0 Å². The molecular formula is C29H36N6. The highest BCUT2D eigenvalue weighted by Gasteiger charge is 2.19. The largest absolute Gasteiger partial charge is 0.369 e. The fraction of sp³-hybridized carbons (Fsp3) is 0.379. The molecule has 0 atom stereocenters. The third-order valence-electron chi connectivity index (χ3n) is 6.77. The maximum Gasteiger partial charge on any atom is 0.145 e. The number of hydrogen-bond acceptors (Lipinski definition) is 6. The molecule has 1 saturated heterocycles. The van der Waals surface area contributed by atoms with Crippen LogP contribution in [0.4, 0.5) is 5.82 Å². The van der Waals surface area contributed by atoms with Gasteiger partial charge < -0.3 is 10.2 Å². The van der Waals surface area contributed by atoms with Crippen LogP contribution in [0.1, 0.15) is 17.8 Å². The van der Waals surface area contributed by atoms with Crippen LogP contribution in [0, 0.1) is 0 Å². The third-order valence-corrected chi connectivity index (χ3v) is 6.77. The lowest BCUT2D eigenvalue weighted by atomic mass is 10.1. The molecule has 0 radical (unpaired) electrons. The molecule has 0 spiro atoms. The smallest absolute Gasteiger partial charge is 0.145 e. The summed E-state index contributed by atoms with van der Waals surface area (Å²) in [6.07, 6.45) is 1.08. The minimum atomic E-state index is 0.793. The summed E-state index contributed by atoms with van der Waals surface area (Å²) in [7, 11) is 4.22. The standard InChI is InChI=1S/C29H36N6/c1-33(2)15-7-14-30-29-26-10-5-6-11-27(26)31-28(32-29)22-35-18-16-34(17-19-35)21-23-12-13-24-8-3-4-9-25(24)20-23/h3-6,8-13,20H,7,14-19,21-22H2,1-2H3,(H,30,31,32). The van der Waals surface area contributed by atoms with Crippen molar-refractivity contribution in [3.05, 3.63) is 78.1 Å². The van der Waals surface area contributed by atoms with Crippen molar-refractivity contribution in [2.24, 2.45) is 0 Å². The highest BCUT2D eigenvalue weighted by Crippen LogP contribution is 2.22. The van der Waals surface area contributed by atoms with Crippen LogP contribution in [-0.2, 0) is 13.1 Å². The first kappa shape index (κ1) is 23.7. The SMILES string of the molecule is CN(C)CCCNc1nc(CN2CCN(Cc3ccc4ccccc4c3)CC2)nc2ccccc12. The molecular weight excluding hydrogens is 432 g/mol. The van der Waals surface area contributed by atoms with Crippen molar-refractivity contribution in [3.8, 4) is 0 Å². The molecule has 0 bridgehead atoms. The van der Waals surface area contributed by atoms with Crippen LogP contribution < -0.4 is 5.32 Å². The zero-order valence-corrected chi connectivity index (χ0v) is 21.0. The minimum Gasteiger partial charge on any atom is -0.369 e. The van der Waals surface area contributed by atoms with E-state index in [9.17, 15) is 0 Å². The topological polar surface area (TPSA) is 47.5 Å². The van der Waals surface area contributed by atoms with Gasteiger partial charge in [0.15, 0.2) is 0 Å². The van der Waals surface area contributed by atoms with Gasteiger partial charge in [-0.05, 0) is 61.6 Å². The Morgan fingerprint density at radius 1 is 0.800 bits per heavy atom. The molecule has 1 fully saturated rings. The van der Waals surface area contributed by atoms with Gasteiger partial charge >= 0.3 is 0 Å². The van der Waals surface area contributed by atoms with Crippen molar-refractivity contribution in [1.29, 1.82) is 0 Å². The monoisotopic (exact) mass is 468 g/mol. The number of para-hydroxylation sites is 1. The number of rotatable bonds is 9. The molecule has 0 aliphatic carbocycles. The molecule has 35 heavy (non-hydrogen) atoms. The Labute approximate surface area is 208 Å².